The van der Waals surface area contributed by atoms with Crippen molar-refractivity contribution in [1.29, 1.82) is 0 Å². The topological polar surface area (TPSA) is 56.0 Å². The molecule has 0 atom stereocenters. The molecule has 0 saturated carbocycles. The van der Waals surface area contributed by atoms with Crippen molar-refractivity contribution in [3.05, 3.63) is 37.6 Å². The average molecular weight is 280 g/mol. The Balaban J connectivity index is 3.31. The van der Waals surface area contributed by atoms with Gasteiger partial charge in [-0.3, -0.25) is 10.1 Å². The molecule has 0 radical (unpaired) electrons. The SMILES string of the molecule is CC(C)(c1cc(Br)cnc1Cl)[N+](=O)[O-]. The van der Waals surface area contributed by atoms with Gasteiger partial charge < -0.3 is 0 Å². The number of aromatic nitrogens is 1. The monoisotopic (exact) mass is 278 g/mol. The third-order valence-corrected chi connectivity index (χ3v) is 2.66. The van der Waals surface area contributed by atoms with Crippen LogP contribution >= 0.6 is 27.5 Å². The molecule has 4 nitrogen and oxygen atoms in total. The summed E-state index contributed by atoms with van der Waals surface area (Å²) in [6.07, 6.45) is 1.50. The minimum atomic E-state index is -1.23. The summed E-state index contributed by atoms with van der Waals surface area (Å²) < 4.78 is 0.673. The van der Waals surface area contributed by atoms with Gasteiger partial charge in [-0.1, -0.05) is 11.6 Å². The zero-order chi connectivity index (χ0) is 10.9. The van der Waals surface area contributed by atoms with Crippen LogP contribution in [0.4, 0.5) is 0 Å². The van der Waals surface area contributed by atoms with Gasteiger partial charge >= 0.3 is 0 Å². The van der Waals surface area contributed by atoms with E-state index in [0.29, 0.717) is 10.0 Å². The van der Waals surface area contributed by atoms with Gasteiger partial charge in [0.1, 0.15) is 5.15 Å². The standard InChI is InChI=1S/C8H8BrClN2O2/c1-8(2,12(13)14)6-3-5(9)4-11-7(6)10/h3-4H,1-2H3. The first-order valence-corrected chi connectivity index (χ1v) is 4.99. The van der Waals surface area contributed by atoms with Crippen LogP contribution in [0.15, 0.2) is 16.7 Å². The van der Waals surface area contributed by atoms with Gasteiger partial charge in [0.05, 0.1) is 5.56 Å². The highest BCUT2D eigenvalue weighted by Crippen LogP contribution is 2.30. The maximum atomic E-state index is 10.8. The van der Waals surface area contributed by atoms with Crippen molar-refractivity contribution in [2.24, 2.45) is 0 Å². The van der Waals surface area contributed by atoms with Gasteiger partial charge in [0.15, 0.2) is 0 Å². The average Bonchev–Trinajstić information content (AvgIpc) is 2.08. The maximum absolute atomic E-state index is 10.8. The summed E-state index contributed by atoms with van der Waals surface area (Å²) in [6, 6.07) is 1.61. The van der Waals surface area contributed by atoms with E-state index >= 15 is 0 Å². The summed E-state index contributed by atoms with van der Waals surface area (Å²) >= 11 is 8.98. The van der Waals surface area contributed by atoms with Gasteiger partial charge in [0.25, 0.3) is 0 Å². The van der Waals surface area contributed by atoms with Crippen LogP contribution in [0.3, 0.4) is 0 Å². The molecule has 0 amide bonds. The lowest BCUT2D eigenvalue weighted by Gasteiger charge is -2.16. The number of pyridine rings is 1. The summed E-state index contributed by atoms with van der Waals surface area (Å²) in [6.45, 7) is 2.98. The minimum Gasteiger partial charge on any atom is -0.264 e. The Kier molecular flexibility index (Phi) is 3.11. The zero-order valence-corrected chi connectivity index (χ0v) is 9.96. The van der Waals surface area contributed by atoms with E-state index in [1.165, 1.54) is 20.0 Å². The highest BCUT2D eigenvalue weighted by atomic mass is 79.9. The highest BCUT2D eigenvalue weighted by Gasteiger charge is 2.36. The lowest BCUT2D eigenvalue weighted by molar-refractivity contribution is -0.569. The molecule has 0 aliphatic rings. The quantitative estimate of drug-likeness (QED) is 0.475. The van der Waals surface area contributed by atoms with E-state index in [1.54, 1.807) is 6.07 Å². The molecule has 1 heterocycles. The second-order valence-electron chi connectivity index (χ2n) is 3.31. The number of nitro groups is 1. The van der Waals surface area contributed by atoms with Gasteiger partial charge in [0, 0.05) is 29.4 Å². The Morgan fingerprint density at radius 3 is 2.71 bits per heavy atom. The molecular weight excluding hydrogens is 271 g/mol. The van der Waals surface area contributed by atoms with Gasteiger partial charge in [-0.05, 0) is 22.0 Å². The van der Waals surface area contributed by atoms with Gasteiger partial charge in [0.2, 0.25) is 5.54 Å². The number of hydrogen-bond donors (Lipinski definition) is 0. The lowest BCUT2D eigenvalue weighted by Crippen LogP contribution is -2.28. The Morgan fingerprint density at radius 2 is 2.21 bits per heavy atom. The molecule has 6 heteroatoms. The summed E-state index contributed by atoms with van der Waals surface area (Å²) in [5, 5.41) is 11.0. The molecule has 0 bridgehead atoms. The molecule has 76 valence electrons. The number of rotatable bonds is 2. The number of hydrogen-bond acceptors (Lipinski definition) is 3. The van der Waals surface area contributed by atoms with Crippen molar-refractivity contribution >= 4 is 27.5 Å². The predicted molar refractivity (Wildman–Crippen MR) is 57.0 cm³/mol. The van der Waals surface area contributed by atoms with Crippen molar-refractivity contribution in [2.45, 2.75) is 19.4 Å². The minimum absolute atomic E-state index is 0.162. The molecule has 0 aliphatic heterocycles. The molecule has 0 unspecified atom stereocenters. The molecule has 0 aliphatic carbocycles. The summed E-state index contributed by atoms with van der Waals surface area (Å²) in [5.74, 6) is 0. The van der Waals surface area contributed by atoms with Crippen molar-refractivity contribution in [3.63, 3.8) is 0 Å². The van der Waals surface area contributed by atoms with E-state index < -0.39 is 5.54 Å². The van der Waals surface area contributed by atoms with Crippen molar-refractivity contribution in [3.8, 4) is 0 Å². The molecular formula is C8H8BrClN2O2. The van der Waals surface area contributed by atoms with Crippen LogP contribution in [-0.4, -0.2) is 9.91 Å². The summed E-state index contributed by atoms with van der Waals surface area (Å²) in [4.78, 5) is 14.2. The third kappa shape index (κ3) is 2.04. The van der Waals surface area contributed by atoms with Crippen LogP contribution in [0, 0.1) is 10.1 Å². The first kappa shape index (κ1) is 11.4. The number of halogens is 2. The Labute approximate surface area is 94.6 Å². The molecule has 1 aromatic rings. The van der Waals surface area contributed by atoms with Crippen LogP contribution < -0.4 is 0 Å². The van der Waals surface area contributed by atoms with E-state index in [-0.39, 0.29) is 10.1 Å². The van der Waals surface area contributed by atoms with Crippen LogP contribution in [-0.2, 0) is 5.54 Å². The molecule has 0 fully saturated rings. The second-order valence-corrected chi connectivity index (χ2v) is 4.58. The normalized spacial score (nSPS) is 11.4. The van der Waals surface area contributed by atoms with Crippen LogP contribution in [0.5, 0.6) is 0 Å². The zero-order valence-electron chi connectivity index (χ0n) is 7.62. The lowest BCUT2D eigenvalue weighted by atomic mass is 9.97. The fourth-order valence-electron chi connectivity index (χ4n) is 0.950. The van der Waals surface area contributed by atoms with E-state index in [9.17, 15) is 10.1 Å². The first-order chi connectivity index (χ1) is 6.35. The molecule has 1 rings (SSSR count). The highest BCUT2D eigenvalue weighted by molar-refractivity contribution is 9.10. The smallest absolute Gasteiger partial charge is 0.244 e. The predicted octanol–water partition coefficient (Wildman–Crippen LogP) is 3.01. The third-order valence-electron chi connectivity index (χ3n) is 1.92. The van der Waals surface area contributed by atoms with E-state index in [2.05, 4.69) is 20.9 Å². The van der Waals surface area contributed by atoms with Gasteiger partial charge in [-0.15, -0.1) is 0 Å². The van der Waals surface area contributed by atoms with Crippen LogP contribution in [0.2, 0.25) is 5.15 Å². The molecule has 14 heavy (non-hydrogen) atoms. The number of nitrogens with zero attached hydrogens (tertiary/aromatic N) is 2. The van der Waals surface area contributed by atoms with Crippen molar-refractivity contribution < 1.29 is 4.92 Å². The Bertz CT molecular complexity index is 382. The fraction of sp³-hybridized carbons (Fsp3) is 0.375. The van der Waals surface area contributed by atoms with Crippen LogP contribution in [0.1, 0.15) is 19.4 Å². The van der Waals surface area contributed by atoms with E-state index in [4.69, 9.17) is 11.6 Å². The summed E-state index contributed by atoms with van der Waals surface area (Å²) in [7, 11) is 0. The largest absolute Gasteiger partial charge is 0.264 e. The van der Waals surface area contributed by atoms with E-state index in [1.807, 2.05) is 0 Å². The Morgan fingerprint density at radius 1 is 1.64 bits per heavy atom. The molecule has 0 spiro atoms. The molecule has 0 aromatic carbocycles. The van der Waals surface area contributed by atoms with Crippen molar-refractivity contribution in [2.75, 3.05) is 0 Å². The Hall–Kier alpha value is -0.680. The van der Waals surface area contributed by atoms with Gasteiger partial charge in [-0.25, -0.2) is 4.98 Å². The molecule has 0 saturated heterocycles. The molecule has 1 aromatic heterocycles. The van der Waals surface area contributed by atoms with Gasteiger partial charge in [-0.2, -0.15) is 0 Å². The fourth-order valence-corrected chi connectivity index (χ4v) is 1.62. The van der Waals surface area contributed by atoms with Crippen molar-refractivity contribution in [1.82, 2.24) is 4.98 Å². The molecule has 0 N–H and O–H groups in total. The van der Waals surface area contributed by atoms with Crippen LogP contribution in [0.25, 0.3) is 0 Å². The van der Waals surface area contributed by atoms with E-state index in [0.717, 1.165) is 0 Å². The maximum Gasteiger partial charge on any atom is 0.244 e. The second kappa shape index (κ2) is 3.82. The first-order valence-electron chi connectivity index (χ1n) is 3.81. The summed E-state index contributed by atoms with van der Waals surface area (Å²) in [5.41, 5.74) is -0.827.